The Hall–Kier alpha value is -3.68. The zero-order valence-electron chi connectivity index (χ0n) is 20.0. The summed E-state index contributed by atoms with van der Waals surface area (Å²) in [6.07, 6.45) is 5.20. The summed E-state index contributed by atoms with van der Waals surface area (Å²) in [7, 11) is 2.07. The maximum atomic E-state index is 12.9. The first-order valence-corrected chi connectivity index (χ1v) is 12.3. The molecule has 7 nitrogen and oxygen atoms in total. The first-order valence-electron chi connectivity index (χ1n) is 12.0. The van der Waals surface area contributed by atoms with Crippen LogP contribution < -0.4 is 10.1 Å². The van der Waals surface area contributed by atoms with Crippen LogP contribution in [0.1, 0.15) is 23.2 Å². The highest BCUT2D eigenvalue weighted by atomic mass is 35.5. The summed E-state index contributed by atoms with van der Waals surface area (Å²) >= 11 is 6.48. The summed E-state index contributed by atoms with van der Waals surface area (Å²) < 4.78 is 7.62. The lowest BCUT2D eigenvalue weighted by atomic mass is 9.96. The quantitative estimate of drug-likeness (QED) is 0.369. The van der Waals surface area contributed by atoms with E-state index < -0.39 is 0 Å². The van der Waals surface area contributed by atoms with Crippen LogP contribution in [0.15, 0.2) is 73.1 Å². The van der Waals surface area contributed by atoms with E-state index in [2.05, 4.69) is 22.2 Å². The van der Waals surface area contributed by atoms with Crippen LogP contribution in [0, 0.1) is 5.92 Å². The number of pyridine rings is 1. The predicted molar refractivity (Wildman–Crippen MR) is 141 cm³/mol. The number of carbonyl (C=O) groups excluding carboxylic acids is 2. The standard InChI is InChI=1S/C28H27ClN4O3/c1-32-13-10-20(11-14-32)28(35)31-26-17-22(9-12-30-26)36-21-7-8-25-23(16-21)24(29)18-33(25)27(34)15-19-5-3-2-4-6-19/h2-9,12,16-18,20H,10-11,13-15H2,1H3,(H,30,31,35). The fraction of sp³-hybridized carbons (Fsp3) is 0.250. The van der Waals surface area contributed by atoms with Gasteiger partial charge in [0.05, 0.1) is 17.0 Å². The zero-order chi connectivity index (χ0) is 25.1. The number of benzene rings is 2. The largest absolute Gasteiger partial charge is 0.457 e. The van der Waals surface area contributed by atoms with Gasteiger partial charge in [0, 0.05) is 29.8 Å². The Bertz CT molecular complexity index is 1390. The number of amides is 1. The highest BCUT2D eigenvalue weighted by Gasteiger charge is 2.23. The number of carbonyl (C=O) groups is 2. The molecule has 1 fully saturated rings. The highest BCUT2D eigenvalue weighted by molar-refractivity contribution is 6.36. The summed E-state index contributed by atoms with van der Waals surface area (Å²) in [6, 6.07) is 18.5. The van der Waals surface area contributed by atoms with E-state index in [1.54, 1.807) is 41.2 Å². The molecule has 2 aromatic heterocycles. The van der Waals surface area contributed by atoms with E-state index in [0.717, 1.165) is 36.9 Å². The molecule has 3 heterocycles. The van der Waals surface area contributed by atoms with E-state index in [1.165, 1.54) is 0 Å². The third-order valence-electron chi connectivity index (χ3n) is 6.50. The van der Waals surface area contributed by atoms with Crippen LogP contribution in [0.25, 0.3) is 10.9 Å². The third kappa shape index (κ3) is 5.42. The molecule has 0 bridgehead atoms. The van der Waals surface area contributed by atoms with Crippen molar-refractivity contribution in [3.05, 3.63) is 83.6 Å². The zero-order valence-corrected chi connectivity index (χ0v) is 20.7. The van der Waals surface area contributed by atoms with Gasteiger partial charge in [-0.05, 0) is 62.8 Å². The molecule has 1 saturated heterocycles. The lowest BCUT2D eigenvalue weighted by molar-refractivity contribution is -0.121. The Balaban J connectivity index is 1.29. The summed E-state index contributed by atoms with van der Waals surface area (Å²) in [5.74, 6) is 1.47. The van der Waals surface area contributed by atoms with Crippen LogP contribution in [-0.4, -0.2) is 46.4 Å². The summed E-state index contributed by atoms with van der Waals surface area (Å²) in [6.45, 7) is 1.83. The average Bonchev–Trinajstić information content (AvgIpc) is 3.21. The number of fused-ring (bicyclic) bond motifs is 1. The van der Waals surface area contributed by atoms with Crippen molar-refractivity contribution in [1.29, 1.82) is 0 Å². The number of nitrogens with zero attached hydrogens (tertiary/aromatic N) is 3. The van der Waals surface area contributed by atoms with Gasteiger partial charge in [0.15, 0.2) is 0 Å². The lowest BCUT2D eigenvalue weighted by Crippen LogP contribution is -2.36. The number of aromatic nitrogens is 2. The Morgan fingerprint density at radius 2 is 1.81 bits per heavy atom. The number of rotatable bonds is 6. The number of hydrogen-bond acceptors (Lipinski definition) is 5. The number of ether oxygens (including phenoxy) is 1. The van der Waals surface area contributed by atoms with Crippen LogP contribution in [0.3, 0.4) is 0 Å². The molecular formula is C28H27ClN4O3. The van der Waals surface area contributed by atoms with Gasteiger partial charge >= 0.3 is 0 Å². The maximum Gasteiger partial charge on any atom is 0.235 e. The van der Waals surface area contributed by atoms with Crippen molar-refractivity contribution in [2.75, 3.05) is 25.5 Å². The van der Waals surface area contributed by atoms with Gasteiger partial charge in [-0.1, -0.05) is 41.9 Å². The maximum absolute atomic E-state index is 12.9. The van der Waals surface area contributed by atoms with Gasteiger partial charge in [0.25, 0.3) is 0 Å². The molecule has 5 rings (SSSR count). The second-order valence-corrected chi connectivity index (χ2v) is 9.53. The van der Waals surface area contributed by atoms with Crippen molar-refractivity contribution >= 4 is 40.1 Å². The molecule has 184 valence electrons. The Morgan fingerprint density at radius 1 is 1.06 bits per heavy atom. The van der Waals surface area contributed by atoms with Crippen LogP contribution in [0.5, 0.6) is 11.5 Å². The van der Waals surface area contributed by atoms with Gasteiger partial charge in [-0.25, -0.2) is 4.98 Å². The van der Waals surface area contributed by atoms with E-state index in [9.17, 15) is 9.59 Å². The lowest BCUT2D eigenvalue weighted by Gasteiger charge is -2.27. The first kappa shape index (κ1) is 24.0. The molecule has 0 aliphatic carbocycles. The SMILES string of the molecule is CN1CCC(C(=O)Nc2cc(Oc3ccc4c(c3)c(Cl)cn4C(=O)Cc3ccccc3)ccn2)CC1. The monoisotopic (exact) mass is 502 g/mol. The minimum absolute atomic E-state index is 0.00855. The molecule has 0 atom stereocenters. The Labute approximate surface area is 214 Å². The van der Waals surface area contributed by atoms with Crippen LogP contribution in [0.2, 0.25) is 5.02 Å². The summed E-state index contributed by atoms with van der Waals surface area (Å²) in [5, 5.41) is 4.11. The first-order chi connectivity index (χ1) is 17.5. The smallest absolute Gasteiger partial charge is 0.235 e. The number of nitrogens with one attached hydrogen (secondary N) is 1. The number of likely N-dealkylation sites (tertiary alicyclic amines) is 1. The molecule has 0 saturated carbocycles. The van der Waals surface area contributed by atoms with E-state index in [1.807, 2.05) is 36.4 Å². The number of hydrogen-bond donors (Lipinski definition) is 1. The van der Waals surface area contributed by atoms with Gasteiger partial charge in [-0.15, -0.1) is 0 Å². The van der Waals surface area contributed by atoms with Crippen molar-refractivity contribution in [1.82, 2.24) is 14.5 Å². The topological polar surface area (TPSA) is 76.5 Å². The van der Waals surface area contributed by atoms with Crippen molar-refractivity contribution in [2.45, 2.75) is 19.3 Å². The van der Waals surface area contributed by atoms with E-state index in [4.69, 9.17) is 16.3 Å². The van der Waals surface area contributed by atoms with E-state index in [0.29, 0.717) is 27.9 Å². The molecule has 8 heteroatoms. The molecule has 4 aromatic rings. The molecular weight excluding hydrogens is 476 g/mol. The molecule has 0 radical (unpaired) electrons. The van der Waals surface area contributed by atoms with Crippen molar-refractivity contribution in [2.24, 2.45) is 5.92 Å². The molecule has 1 aliphatic rings. The van der Waals surface area contributed by atoms with Crippen molar-refractivity contribution < 1.29 is 14.3 Å². The fourth-order valence-corrected chi connectivity index (χ4v) is 4.72. The summed E-state index contributed by atoms with van der Waals surface area (Å²) in [5.41, 5.74) is 1.66. The molecule has 2 aromatic carbocycles. The van der Waals surface area contributed by atoms with Crippen LogP contribution in [0.4, 0.5) is 5.82 Å². The van der Waals surface area contributed by atoms with E-state index in [-0.39, 0.29) is 24.2 Å². The van der Waals surface area contributed by atoms with Crippen LogP contribution in [-0.2, 0) is 11.2 Å². The van der Waals surface area contributed by atoms with Gasteiger partial charge in [0.1, 0.15) is 17.3 Å². The molecule has 1 amide bonds. The van der Waals surface area contributed by atoms with Gasteiger partial charge in [0.2, 0.25) is 11.8 Å². The number of halogens is 1. The Morgan fingerprint density at radius 3 is 2.58 bits per heavy atom. The molecule has 36 heavy (non-hydrogen) atoms. The highest BCUT2D eigenvalue weighted by Crippen LogP contribution is 2.32. The van der Waals surface area contributed by atoms with Crippen LogP contribution >= 0.6 is 11.6 Å². The van der Waals surface area contributed by atoms with Gasteiger partial charge in [-0.3, -0.25) is 14.2 Å². The normalized spacial score (nSPS) is 14.6. The molecule has 0 unspecified atom stereocenters. The minimum atomic E-state index is -0.0640. The van der Waals surface area contributed by atoms with Gasteiger partial charge < -0.3 is 15.0 Å². The van der Waals surface area contributed by atoms with Crippen molar-refractivity contribution in [3.63, 3.8) is 0 Å². The second-order valence-electron chi connectivity index (χ2n) is 9.13. The molecule has 1 N–H and O–H groups in total. The fourth-order valence-electron chi connectivity index (χ4n) is 4.47. The van der Waals surface area contributed by atoms with Gasteiger partial charge in [-0.2, -0.15) is 0 Å². The minimum Gasteiger partial charge on any atom is -0.457 e. The third-order valence-corrected chi connectivity index (χ3v) is 6.80. The second kappa shape index (κ2) is 10.5. The summed E-state index contributed by atoms with van der Waals surface area (Å²) in [4.78, 5) is 32.0. The predicted octanol–water partition coefficient (Wildman–Crippen LogP) is 5.65. The number of piperidine rings is 1. The average molecular weight is 503 g/mol. The van der Waals surface area contributed by atoms with E-state index >= 15 is 0 Å². The number of anilines is 1. The molecule has 0 spiro atoms. The Kier molecular flexibility index (Phi) is 7.02. The van der Waals surface area contributed by atoms with Crippen molar-refractivity contribution in [3.8, 4) is 11.5 Å². The molecule has 1 aliphatic heterocycles.